The van der Waals surface area contributed by atoms with Crippen molar-refractivity contribution in [1.82, 2.24) is 5.32 Å². The van der Waals surface area contributed by atoms with E-state index in [1.54, 1.807) is 32.2 Å². The number of thiophene rings is 1. The maximum Gasteiger partial charge on any atom is 0.329 e. The lowest BCUT2D eigenvalue weighted by atomic mass is 10.0. The quantitative estimate of drug-likeness (QED) is 0.865. The maximum absolute atomic E-state index is 12.1. The Hall–Kier alpha value is -1.07. The Morgan fingerprint density at radius 2 is 1.95 bits per heavy atom. The molecule has 0 aliphatic carbocycles. The number of nitrogens with one attached hydrogen (secondary N) is 1. The Kier molecular flexibility index (Phi) is 5.59. The van der Waals surface area contributed by atoms with Gasteiger partial charge in [-0.1, -0.05) is 25.4 Å². The normalized spacial score (nSPS) is 13.2. The fraction of sp³-hybridized carbons (Fsp3) is 0.571. The highest BCUT2D eigenvalue weighted by Crippen LogP contribution is 2.22. The third kappa shape index (κ3) is 4.80. The van der Waals surface area contributed by atoms with Crippen molar-refractivity contribution >= 4 is 34.8 Å². The largest absolute Gasteiger partial charge is 0.458 e. The molecule has 0 radical (unpaired) electrons. The van der Waals surface area contributed by atoms with Gasteiger partial charge in [-0.15, -0.1) is 11.3 Å². The van der Waals surface area contributed by atoms with Crippen molar-refractivity contribution in [3.8, 4) is 0 Å². The van der Waals surface area contributed by atoms with E-state index >= 15 is 0 Å². The Bertz CT molecular complexity index is 491. The van der Waals surface area contributed by atoms with E-state index in [-0.39, 0.29) is 11.8 Å². The van der Waals surface area contributed by atoms with E-state index in [1.807, 2.05) is 13.8 Å². The average Bonchev–Trinajstić information content (AvgIpc) is 2.69. The van der Waals surface area contributed by atoms with Gasteiger partial charge in [0.1, 0.15) is 16.5 Å². The van der Waals surface area contributed by atoms with E-state index in [9.17, 15) is 9.59 Å². The van der Waals surface area contributed by atoms with Crippen molar-refractivity contribution in [2.24, 2.45) is 5.92 Å². The summed E-state index contributed by atoms with van der Waals surface area (Å²) in [5.74, 6) is -0.865. The van der Waals surface area contributed by atoms with Gasteiger partial charge in [0.2, 0.25) is 0 Å². The number of ether oxygens (including phenoxy) is 1. The lowest BCUT2D eigenvalue weighted by molar-refractivity contribution is -0.158. The lowest BCUT2D eigenvalue weighted by Gasteiger charge is -2.26. The van der Waals surface area contributed by atoms with Gasteiger partial charge < -0.3 is 10.1 Å². The molecule has 0 bridgehead atoms. The molecule has 112 valence electrons. The van der Waals surface area contributed by atoms with Crippen LogP contribution in [-0.4, -0.2) is 23.5 Å². The van der Waals surface area contributed by atoms with Gasteiger partial charge in [-0.05, 0) is 38.1 Å². The standard InChI is InChI=1S/C14H20ClNO3S/c1-8(2)10(13(18)19-14(3,4)5)16-12(17)11-9(15)6-7-20-11/h6-8,10H,1-5H3,(H,16,17)/t10-/m1/s1. The molecule has 0 saturated heterocycles. The highest BCUT2D eigenvalue weighted by molar-refractivity contribution is 7.12. The molecule has 20 heavy (non-hydrogen) atoms. The van der Waals surface area contributed by atoms with Gasteiger partial charge in [0.25, 0.3) is 5.91 Å². The van der Waals surface area contributed by atoms with Gasteiger partial charge in [0, 0.05) is 0 Å². The molecular weight excluding hydrogens is 298 g/mol. The first kappa shape index (κ1) is 17.0. The van der Waals surface area contributed by atoms with Crippen molar-refractivity contribution in [3.05, 3.63) is 21.3 Å². The van der Waals surface area contributed by atoms with E-state index in [4.69, 9.17) is 16.3 Å². The van der Waals surface area contributed by atoms with Crippen molar-refractivity contribution in [2.45, 2.75) is 46.3 Å². The van der Waals surface area contributed by atoms with Crippen LogP contribution in [0.4, 0.5) is 0 Å². The molecule has 6 heteroatoms. The maximum atomic E-state index is 12.1. The minimum absolute atomic E-state index is 0.0764. The van der Waals surface area contributed by atoms with E-state index in [1.165, 1.54) is 11.3 Å². The molecule has 1 N–H and O–H groups in total. The van der Waals surface area contributed by atoms with Crippen LogP contribution in [0.2, 0.25) is 5.02 Å². The van der Waals surface area contributed by atoms with Gasteiger partial charge in [-0.25, -0.2) is 4.79 Å². The predicted octanol–water partition coefficient (Wildman–Crippen LogP) is 3.50. The number of hydrogen-bond acceptors (Lipinski definition) is 4. The smallest absolute Gasteiger partial charge is 0.329 e. The number of halogens is 1. The summed E-state index contributed by atoms with van der Waals surface area (Å²) in [6.07, 6.45) is 0. The molecule has 0 spiro atoms. The zero-order valence-electron chi connectivity index (χ0n) is 12.3. The van der Waals surface area contributed by atoms with Gasteiger partial charge >= 0.3 is 5.97 Å². The second-order valence-electron chi connectivity index (χ2n) is 5.83. The highest BCUT2D eigenvalue weighted by Gasteiger charge is 2.30. The Morgan fingerprint density at radius 3 is 2.35 bits per heavy atom. The van der Waals surface area contributed by atoms with Crippen molar-refractivity contribution in [1.29, 1.82) is 0 Å². The first-order valence-corrected chi connectivity index (χ1v) is 7.64. The van der Waals surface area contributed by atoms with Crippen LogP contribution in [0.3, 0.4) is 0 Å². The zero-order valence-corrected chi connectivity index (χ0v) is 13.9. The molecule has 0 fully saturated rings. The van der Waals surface area contributed by atoms with Crippen LogP contribution in [0.15, 0.2) is 11.4 Å². The molecule has 1 rings (SSSR count). The van der Waals surface area contributed by atoms with Crippen molar-refractivity contribution in [3.63, 3.8) is 0 Å². The van der Waals surface area contributed by atoms with Crippen molar-refractivity contribution < 1.29 is 14.3 Å². The molecular formula is C14H20ClNO3S. The summed E-state index contributed by atoms with van der Waals surface area (Å²) in [6, 6.07) is 0.957. The number of hydrogen-bond donors (Lipinski definition) is 1. The molecule has 0 aromatic carbocycles. The summed E-state index contributed by atoms with van der Waals surface area (Å²) in [4.78, 5) is 24.6. The van der Waals surface area contributed by atoms with Crippen LogP contribution < -0.4 is 5.32 Å². The van der Waals surface area contributed by atoms with Crippen molar-refractivity contribution in [2.75, 3.05) is 0 Å². The molecule has 1 aromatic heterocycles. The second kappa shape index (κ2) is 6.59. The second-order valence-corrected chi connectivity index (χ2v) is 7.15. The van der Waals surface area contributed by atoms with Gasteiger partial charge in [-0.3, -0.25) is 4.79 Å². The van der Waals surface area contributed by atoms with E-state index in [0.717, 1.165) is 0 Å². The molecule has 0 aliphatic heterocycles. The number of carbonyl (C=O) groups is 2. The number of rotatable bonds is 4. The first-order valence-electron chi connectivity index (χ1n) is 6.38. The Morgan fingerprint density at radius 1 is 1.35 bits per heavy atom. The number of esters is 1. The fourth-order valence-corrected chi connectivity index (χ4v) is 2.57. The summed E-state index contributed by atoms with van der Waals surface area (Å²) in [6.45, 7) is 9.08. The van der Waals surface area contributed by atoms with Crippen LogP contribution in [0.25, 0.3) is 0 Å². The molecule has 1 aromatic rings. The van der Waals surface area contributed by atoms with Crippen LogP contribution in [0.5, 0.6) is 0 Å². The summed E-state index contributed by atoms with van der Waals surface area (Å²) in [5, 5.41) is 4.81. The van der Waals surface area contributed by atoms with Crippen LogP contribution >= 0.6 is 22.9 Å². The first-order chi connectivity index (χ1) is 9.11. The highest BCUT2D eigenvalue weighted by atomic mass is 35.5. The third-order valence-corrected chi connectivity index (χ3v) is 3.78. The van der Waals surface area contributed by atoms with E-state index < -0.39 is 17.6 Å². The molecule has 1 heterocycles. The Balaban J connectivity index is 2.81. The average molecular weight is 318 g/mol. The summed E-state index contributed by atoms with van der Waals surface area (Å²) in [7, 11) is 0. The monoisotopic (exact) mass is 317 g/mol. The van der Waals surface area contributed by atoms with E-state index in [2.05, 4.69) is 5.32 Å². The Labute approximate surface area is 128 Å². The van der Waals surface area contributed by atoms with Gasteiger partial charge in [-0.2, -0.15) is 0 Å². The van der Waals surface area contributed by atoms with Gasteiger partial charge in [0.05, 0.1) is 5.02 Å². The lowest BCUT2D eigenvalue weighted by Crippen LogP contribution is -2.47. The van der Waals surface area contributed by atoms with Crippen LogP contribution in [0, 0.1) is 5.92 Å². The summed E-state index contributed by atoms with van der Waals surface area (Å²) in [5.41, 5.74) is -0.588. The minimum Gasteiger partial charge on any atom is -0.458 e. The summed E-state index contributed by atoms with van der Waals surface area (Å²) >= 11 is 7.16. The van der Waals surface area contributed by atoms with Crippen LogP contribution in [0.1, 0.15) is 44.3 Å². The molecule has 0 saturated carbocycles. The fourth-order valence-electron chi connectivity index (χ4n) is 1.53. The summed E-state index contributed by atoms with van der Waals surface area (Å²) < 4.78 is 5.33. The molecule has 0 aliphatic rings. The predicted molar refractivity (Wildman–Crippen MR) is 81.3 cm³/mol. The number of amides is 1. The molecule has 1 amide bonds. The topological polar surface area (TPSA) is 55.4 Å². The number of carbonyl (C=O) groups excluding carboxylic acids is 2. The van der Waals surface area contributed by atoms with E-state index in [0.29, 0.717) is 9.90 Å². The zero-order chi connectivity index (χ0) is 15.5. The van der Waals surface area contributed by atoms with Crippen LogP contribution in [-0.2, 0) is 9.53 Å². The molecule has 4 nitrogen and oxygen atoms in total. The molecule has 0 unspecified atom stereocenters. The third-order valence-electron chi connectivity index (χ3n) is 2.44. The SMILES string of the molecule is CC(C)[C@@H](NC(=O)c1sccc1Cl)C(=O)OC(C)(C)C. The minimum atomic E-state index is -0.695. The molecule has 1 atom stereocenters. The van der Waals surface area contributed by atoms with Gasteiger partial charge in [0.15, 0.2) is 0 Å².